The maximum atomic E-state index is 5.91. The summed E-state index contributed by atoms with van der Waals surface area (Å²) in [6, 6.07) is 17.8. The first-order valence-electron chi connectivity index (χ1n) is 9.23. The maximum Gasteiger partial charge on any atom is 0.228 e. The molecule has 0 aliphatic heterocycles. The number of halogens is 1. The molecule has 28 heavy (non-hydrogen) atoms. The lowest BCUT2D eigenvalue weighted by Crippen LogP contribution is -2.39. The standard InChI is InChI=1S/C21H24ClN5O/c1-15(16-6-4-3-5-7-16)14-25-21(23-2)24-13-12-19-26-20(27-28-19)17-8-10-18(22)11-9-17/h3-11,15H,12-14H2,1-2H3,(H2,23,24,25). The Bertz CT molecular complexity index is 893. The Morgan fingerprint density at radius 1 is 1.11 bits per heavy atom. The van der Waals surface area contributed by atoms with E-state index < -0.39 is 0 Å². The molecule has 0 aliphatic rings. The predicted molar refractivity (Wildman–Crippen MR) is 113 cm³/mol. The molecule has 3 rings (SSSR count). The van der Waals surface area contributed by atoms with Crippen LogP contribution in [0.15, 0.2) is 64.1 Å². The molecule has 0 bridgehead atoms. The summed E-state index contributed by atoms with van der Waals surface area (Å²) >= 11 is 5.91. The summed E-state index contributed by atoms with van der Waals surface area (Å²) in [6.45, 7) is 3.62. The van der Waals surface area contributed by atoms with Crippen LogP contribution >= 0.6 is 11.6 Å². The molecule has 146 valence electrons. The normalized spacial score (nSPS) is 12.6. The van der Waals surface area contributed by atoms with Crippen LogP contribution in [0.25, 0.3) is 11.4 Å². The Kier molecular flexibility index (Phi) is 7.03. The highest BCUT2D eigenvalue weighted by Gasteiger charge is 2.09. The lowest BCUT2D eigenvalue weighted by Gasteiger charge is -2.16. The van der Waals surface area contributed by atoms with Crippen LogP contribution in [0.5, 0.6) is 0 Å². The molecule has 1 unspecified atom stereocenters. The van der Waals surface area contributed by atoms with Crippen molar-refractivity contribution < 1.29 is 4.52 Å². The second kappa shape index (κ2) is 9.90. The zero-order valence-electron chi connectivity index (χ0n) is 16.0. The van der Waals surface area contributed by atoms with Gasteiger partial charge in [0.15, 0.2) is 5.96 Å². The van der Waals surface area contributed by atoms with E-state index in [2.05, 4.69) is 57.0 Å². The fourth-order valence-electron chi connectivity index (χ4n) is 2.73. The van der Waals surface area contributed by atoms with E-state index in [1.807, 2.05) is 18.2 Å². The molecule has 7 heteroatoms. The molecule has 6 nitrogen and oxygen atoms in total. The topological polar surface area (TPSA) is 75.3 Å². The van der Waals surface area contributed by atoms with Gasteiger partial charge in [-0.1, -0.05) is 54.0 Å². The van der Waals surface area contributed by atoms with Gasteiger partial charge in [-0.2, -0.15) is 4.98 Å². The average Bonchev–Trinajstić information content (AvgIpc) is 3.20. The van der Waals surface area contributed by atoms with Gasteiger partial charge in [-0.3, -0.25) is 4.99 Å². The van der Waals surface area contributed by atoms with Crippen molar-refractivity contribution in [1.29, 1.82) is 0 Å². The summed E-state index contributed by atoms with van der Waals surface area (Å²) in [5.41, 5.74) is 2.17. The van der Waals surface area contributed by atoms with E-state index in [-0.39, 0.29) is 0 Å². The molecule has 2 aromatic carbocycles. The number of rotatable bonds is 7. The van der Waals surface area contributed by atoms with Gasteiger partial charge < -0.3 is 15.2 Å². The number of hydrogen-bond acceptors (Lipinski definition) is 4. The molecule has 0 amide bonds. The minimum Gasteiger partial charge on any atom is -0.356 e. The third kappa shape index (κ3) is 5.57. The highest BCUT2D eigenvalue weighted by molar-refractivity contribution is 6.30. The second-order valence-electron chi connectivity index (χ2n) is 6.46. The van der Waals surface area contributed by atoms with E-state index in [1.54, 1.807) is 19.2 Å². The molecule has 0 saturated carbocycles. The molecule has 2 N–H and O–H groups in total. The van der Waals surface area contributed by atoms with Crippen molar-refractivity contribution in [2.45, 2.75) is 19.3 Å². The van der Waals surface area contributed by atoms with Crippen LogP contribution < -0.4 is 10.6 Å². The summed E-state index contributed by atoms with van der Waals surface area (Å²) in [5.74, 6) is 2.27. The molecule has 0 aliphatic carbocycles. The van der Waals surface area contributed by atoms with E-state index in [9.17, 15) is 0 Å². The molecule has 1 atom stereocenters. The van der Waals surface area contributed by atoms with Crippen LogP contribution in [-0.4, -0.2) is 36.2 Å². The fourth-order valence-corrected chi connectivity index (χ4v) is 2.86. The first kappa shape index (κ1) is 19.9. The number of nitrogens with one attached hydrogen (secondary N) is 2. The SMILES string of the molecule is CN=C(NCCc1nc(-c2ccc(Cl)cc2)no1)NCC(C)c1ccccc1. The van der Waals surface area contributed by atoms with Gasteiger partial charge in [0.25, 0.3) is 0 Å². The summed E-state index contributed by atoms with van der Waals surface area (Å²) in [4.78, 5) is 8.69. The summed E-state index contributed by atoms with van der Waals surface area (Å²) in [6.07, 6.45) is 0.607. The molecular formula is C21H24ClN5O. The van der Waals surface area contributed by atoms with Gasteiger partial charge in [-0.15, -0.1) is 0 Å². The summed E-state index contributed by atoms with van der Waals surface area (Å²) in [5, 5.41) is 11.3. The van der Waals surface area contributed by atoms with Crippen LogP contribution in [0, 0.1) is 0 Å². The van der Waals surface area contributed by atoms with Crippen molar-refractivity contribution in [3.8, 4) is 11.4 Å². The van der Waals surface area contributed by atoms with Crippen molar-refractivity contribution in [2.24, 2.45) is 4.99 Å². The average molecular weight is 398 g/mol. The van der Waals surface area contributed by atoms with Gasteiger partial charge >= 0.3 is 0 Å². The number of guanidine groups is 1. The molecule has 1 aromatic heterocycles. The highest BCUT2D eigenvalue weighted by atomic mass is 35.5. The zero-order valence-corrected chi connectivity index (χ0v) is 16.8. The van der Waals surface area contributed by atoms with E-state index >= 15 is 0 Å². The fraction of sp³-hybridized carbons (Fsp3) is 0.286. The third-order valence-electron chi connectivity index (χ3n) is 4.37. The zero-order chi connectivity index (χ0) is 19.8. The van der Waals surface area contributed by atoms with Crippen molar-refractivity contribution in [2.75, 3.05) is 20.1 Å². The molecule has 0 saturated heterocycles. The Balaban J connectivity index is 1.45. The molecule has 0 spiro atoms. The Labute approximate surface area is 170 Å². The van der Waals surface area contributed by atoms with Gasteiger partial charge in [-0.25, -0.2) is 0 Å². The van der Waals surface area contributed by atoms with Crippen LogP contribution in [0.2, 0.25) is 5.02 Å². The van der Waals surface area contributed by atoms with Crippen molar-refractivity contribution >= 4 is 17.6 Å². The van der Waals surface area contributed by atoms with Gasteiger partial charge in [0.1, 0.15) is 0 Å². The Morgan fingerprint density at radius 3 is 2.57 bits per heavy atom. The summed E-state index contributed by atoms with van der Waals surface area (Å²) in [7, 11) is 1.76. The summed E-state index contributed by atoms with van der Waals surface area (Å²) < 4.78 is 5.33. The lowest BCUT2D eigenvalue weighted by molar-refractivity contribution is 0.378. The number of aromatic nitrogens is 2. The van der Waals surface area contributed by atoms with E-state index in [4.69, 9.17) is 16.1 Å². The maximum absolute atomic E-state index is 5.91. The van der Waals surface area contributed by atoms with Gasteiger partial charge in [0.2, 0.25) is 11.7 Å². The minimum absolute atomic E-state index is 0.387. The monoisotopic (exact) mass is 397 g/mol. The molecule has 0 fully saturated rings. The second-order valence-corrected chi connectivity index (χ2v) is 6.90. The molecule has 1 heterocycles. The molecule has 3 aromatic rings. The van der Waals surface area contributed by atoms with Gasteiger partial charge in [0.05, 0.1) is 0 Å². The number of hydrogen-bond donors (Lipinski definition) is 2. The predicted octanol–water partition coefficient (Wildman–Crippen LogP) is 3.90. The number of aliphatic imine (C=N–C) groups is 1. The van der Waals surface area contributed by atoms with Gasteiger partial charge in [-0.05, 0) is 35.7 Å². The largest absolute Gasteiger partial charge is 0.356 e. The minimum atomic E-state index is 0.387. The van der Waals surface area contributed by atoms with Crippen molar-refractivity contribution in [1.82, 2.24) is 20.8 Å². The Morgan fingerprint density at radius 2 is 1.86 bits per heavy atom. The first-order chi connectivity index (χ1) is 13.7. The molecule has 0 radical (unpaired) electrons. The van der Waals surface area contributed by atoms with E-state index in [0.717, 1.165) is 18.1 Å². The quantitative estimate of drug-likeness (QED) is 0.467. The van der Waals surface area contributed by atoms with Crippen molar-refractivity contribution in [3.63, 3.8) is 0 Å². The first-order valence-corrected chi connectivity index (χ1v) is 9.61. The van der Waals surface area contributed by atoms with Crippen LogP contribution in [0.3, 0.4) is 0 Å². The highest BCUT2D eigenvalue weighted by Crippen LogP contribution is 2.18. The molecular weight excluding hydrogens is 374 g/mol. The van der Waals surface area contributed by atoms with Crippen LogP contribution in [0.4, 0.5) is 0 Å². The van der Waals surface area contributed by atoms with Crippen LogP contribution in [-0.2, 0) is 6.42 Å². The van der Waals surface area contributed by atoms with Gasteiger partial charge in [0, 0.05) is 37.1 Å². The smallest absolute Gasteiger partial charge is 0.228 e. The number of nitrogens with zero attached hydrogens (tertiary/aromatic N) is 3. The van der Waals surface area contributed by atoms with Crippen molar-refractivity contribution in [3.05, 3.63) is 71.1 Å². The third-order valence-corrected chi connectivity index (χ3v) is 4.62. The van der Waals surface area contributed by atoms with E-state index in [0.29, 0.717) is 35.6 Å². The van der Waals surface area contributed by atoms with E-state index in [1.165, 1.54) is 5.56 Å². The number of benzene rings is 2. The Hall–Kier alpha value is -2.86. The van der Waals surface area contributed by atoms with Crippen LogP contribution in [0.1, 0.15) is 24.3 Å². The lowest BCUT2D eigenvalue weighted by atomic mass is 10.0.